The largest absolute Gasteiger partial charge is 0.409 e. The first-order valence-corrected chi connectivity index (χ1v) is 7.47. The van der Waals surface area contributed by atoms with Gasteiger partial charge in [-0.15, -0.1) is 11.8 Å². The summed E-state index contributed by atoms with van der Waals surface area (Å²) in [7, 11) is 0. The molecule has 0 fully saturated rings. The predicted octanol–water partition coefficient (Wildman–Crippen LogP) is 3.83. The van der Waals surface area contributed by atoms with Crippen LogP contribution in [0.15, 0.2) is 46.4 Å². The first-order chi connectivity index (χ1) is 10.0. The average Bonchev–Trinajstić information content (AvgIpc) is 2.47. The molecule has 0 aromatic heterocycles. The molecule has 3 nitrogen and oxygen atoms in total. The molecular weight excluding hydrogens is 287 g/mol. The summed E-state index contributed by atoms with van der Waals surface area (Å²) in [6.07, 6.45) is 0. The van der Waals surface area contributed by atoms with Gasteiger partial charge in [0, 0.05) is 10.6 Å². The summed E-state index contributed by atoms with van der Waals surface area (Å²) < 4.78 is 14.3. The van der Waals surface area contributed by atoms with Crippen molar-refractivity contribution in [1.29, 1.82) is 0 Å². The molecule has 0 saturated heterocycles. The molecule has 2 rings (SSSR count). The number of halogens is 1. The van der Waals surface area contributed by atoms with Crippen molar-refractivity contribution in [2.75, 3.05) is 0 Å². The normalized spacial score (nSPS) is 11.7. The van der Waals surface area contributed by atoms with E-state index in [9.17, 15) is 4.39 Å². The van der Waals surface area contributed by atoms with E-state index in [-0.39, 0.29) is 11.4 Å². The number of benzene rings is 2. The maximum absolute atomic E-state index is 14.3. The van der Waals surface area contributed by atoms with Gasteiger partial charge in [0.2, 0.25) is 0 Å². The van der Waals surface area contributed by atoms with E-state index in [2.05, 4.69) is 11.2 Å². The first-order valence-electron chi connectivity index (χ1n) is 6.48. The minimum Gasteiger partial charge on any atom is -0.409 e. The van der Waals surface area contributed by atoms with E-state index in [1.165, 1.54) is 17.2 Å². The van der Waals surface area contributed by atoms with Gasteiger partial charge in [0.05, 0.1) is 5.56 Å². The zero-order valence-corrected chi connectivity index (χ0v) is 12.7. The highest BCUT2D eigenvalue weighted by Crippen LogP contribution is 2.28. The molecular formula is C16H17FN2OS. The van der Waals surface area contributed by atoms with E-state index in [0.29, 0.717) is 11.3 Å². The Morgan fingerprint density at radius 1 is 1.29 bits per heavy atom. The highest BCUT2D eigenvalue weighted by Gasteiger charge is 2.12. The fourth-order valence-corrected chi connectivity index (χ4v) is 3.04. The smallest absolute Gasteiger partial charge is 0.173 e. The molecule has 2 aromatic carbocycles. The topological polar surface area (TPSA) is 58.6 Å². The molecule has 0 amide bonds. The number of hydrogen-bond donors (Lipinski definition) is 2. The Balaban J connectivity index is 2.21. The van der Waals surface area contributed by atoms with E-state index in [1.54, 1.807) is 23.9 Å². The van der Waals surface area contributed by atoms with E-state index in [1.807, 2.05) is 26.0 Å². The maximum atomic E-state index is 14.3. The standard InChI is InChI=1S/C16H17FN2OS/c1-10-6-7-14(11(2)8-10)21-9-12-4-3-5-13(15(12)17)16(18)19-20/h3-8,20H,9H2,1-2H3,(H2,18,19). The summed E-state index contributed by atoms with van der Waals surface area (Å²) in [6, 6.07) is 11.1. The third-order valence-corrected chi connectivity index (χ3v) is 4.40. The van der Waals surface area contributed by atoms with Gasteiger partial charge in [-0.25, -0.2) is 4.39 Å². The van der Waals surface area contributed by atoms with Crippen molar-refractivity contribution >= 4 is 17.6 Å². The van der Waals surface area contributed by atoms with E-state index < -0.39 is 5.82 Å². The van der Waals surface area contributed by atoms with Gasteiger partial charge in [0.1, 0.15) is 5.82 Å². The molecule has 0 aliphatic rings. The lowest BCUT2D eigenvalue weighted by atomic mass is 10.1. The summed E-state index contributed by atoms with van der Waals surface area (Å²) in [5.41, 5.74) is 8.50. The highest BCUT2D eigenvalue weighted by molar-refractivity contribution is 7.98. The van der Waals surface area contributed by atoms with E-state index in [4.69, 9.17) is 10.9 Å². The van der Waals surface area contributed by atoms with Crippen molar-refractivity contribution in [3.8, 4) is 0 Å². The summed E-state index contributed by atoms with van der Waals surface area (Å²) in [6.45, 7) is 4.08. The van der Waals surface area contributed by atoms with Crippen LogP contribution < -0.4 is 5.73 Å². The van der Waals surface area contributed by atoms with Crippen LogP contribution >= 0.6 is 11.8 Å². The van der Waals surface area contributed by atoms with Gasteiger partial charge in [-0.2, -0.15) is 0 Å². The lowest BCUT2D eigenvalue weighted by Crippen LogP contribution is -2.15. The number of oxime groups is 1. The summed E-state index contributed by atoms with van der Waals surface area (Å²) in [5.74, 6) is -0.168. The van der Waals surface area contributed by atoms with Gasteiger partial charge in [-0.1, -0.05) is 35.0 Å². The van der Waals surface area contributed by atoms with Gasteiger partial charge in [-0.05, 0) is 37.1 Å². The van der Waals surface area contributed by atoms with Crippen LogP contribution in [0.5, 0.6) is 0 Å². The van der Waals surface area contributed by atoms with Gasteiger partial charge >= 0.3 is 0 Å². The molecule has 0 aliphatic carbocycles. The summed E-state index contributed by atoms with van der Waals surface area (Å²) in [4.78, 5) is 1.12. The molecule has 0 bridgehead atoms. The number of rotatable bonds is 4. The first kappa shape index (κ1) is 15.4. The number of nitrogens with two attached hydrogens (primary N) is 1. The molecule has 0 heterocycles. The maximum Gasteiger partial charge on any atom is 0.173 e. The summed E-state index contributed by atoms with van der Waals surface area (Å²) >= 11 is 1.57. The van der Waals surface area contributed by atoms with Gasteiger partial charge in [-0.3, -0.25) is 0 Å². The van der Waals surface area contributed by atoms with Crippen LogP contribution in [0.1, 0.15) is 22.3 Å². The Hall–Kier alpha value is -2.01. The van der Waals surface area contributed by atoms with Crippen LogP contribution in [0.4, 0.5) is 4.39 Å². The molecule has 3 N–H and O–H groups in total. The minimum absolute atomic E-state index is 0.122. The molecule has 0 radical (unpaired) electrons. The zero-order chi connectivity index (χ0) is 15.4. The predicted molar refractivity (Wildman–Crippen MR) is 84.4 cm³/mol. The highest BCUT2D eigenvalue weighted by atomic mass is 32.2. The van der Waals surface area contributed by atoms with Gasteiger partial charge in [0.15, 0.2) is 5.84 Å². The quantitative estimate of drug-likeness (QED) is 0.297. The van der Waals surface area contributed by atoms with Gasteiger partial charge < -0.3 is 10.9 Å². The SMILES string of the molecule is Cc1ccc(SCc2cccc(/C(N)=N/O)c2F)c(C)c1. The van der Waals surface area contributed by atoms with Crippen LogP contribution in [0.25, 0.3) is 0 Å². The van der Waals surface area contributed by atoms with Crippen LogP contribution in [0.2, 0.25) is 0 Å². The Kier molecular flexibility index (Phi) is 4.85. The lowest BCUT2D eigenvalue weighted by molar-refractivity contribution is 0.318. The summed E-state index contributed by atoms with van der Waals surface area (Å²) in [5, 5.41) is 11.5. The molecule has 0 atom stereocenters. The molecule has 5 heteroatoms. The number of thioether (sulfide) groups is 1. The fraction of sp³-hybridized carbons (Fsp3) is 0.188. The fourth-order valence-electron chi connectivity index (χ4n) is 2.06. The molecule has 0 unspecified atom stereocenters. The molecule has 0 spiro atoms. The van der Waals surface area contributed by atoms with Gasteiger partial charge in [0.25, 0.3) is 0 Å². The van der Waals surface area contributed by atoms with Crippen LogP contribution in [0, 0.1) is 19.7 Å². The number of aryl methyl sites for hydroxylation is 2. The lowest BCUT2D eigenvalue weighted by Gasteiger charge is -2.09. The Morgan fingerprint density at radius 3 is 2.71 bits per heavy atom. The molecule has 0 aliphatic heterocycles. The Labute approximate surface area is 127 Å². The number of hydrogen-bond acceptors (Lipinski definition) is 3. The second kappa shape index (κ2) is 6.63. The molecule has 2 aromatic rings. The van der Waals surface area contributed by atoms with Crippen molar-refractivity contribution < 1.29 is 9.60 Å². The molecule has 21 heavy (non-hydrogen) atoms. The van der Waals surface area contributed by atoms with Crippen LogP contribution in [-0.4, -0.2) is 11.0 Å². The molecule has 110 valence electrons. The second-order valence-electron chi connectivity index (χ2n) is 4.82. The zero-order valence-electron chi connectivity index (χ0n) is 11.9. The Morgan fingerprint density at radius 2 is 2.05 bits per heavy atom. The third kappa shape index (κ3) is 3.55. The number of amidine groups is 1. The van der Waals surface area contributed by atoms with Crippen molar-refractivity contribution in [2.45, 2.75) is 24.5 Å². The van der Waals surface area contributed by atoms with Crippen LogP contribution in [-0.2, 0) is 5.75 Å². The van der Waals surface area contributed by atoms with Crippen molar-refractivity contribution in [2.24, 2.45) is 10.9 Å². The van der Waals surface area contributed by atoms with Crippen molar-refractivity contribution in [3.63, 3.8) is 0 Å². The average molecular weight is 304 g/mol. The van der Waals surface area contributed by atoms with Crippen molar-refractivity contribution in [1.82, 2.24) is 0 Å². The monoisotopic (exact) mass is 304 g/mol. The van der Waals surface area contributed by atoms with Crippen molar-refractivity contribution in [3.05, 3.63) is 64.5 Å². The van der Waals surface area contributed by atoms with E-state index in [0.717, 1.165) is 4.90 Å². The second-order valence-corrected chi connectivity index (χ2v) is 5.84. The number of nitrogens with zero attached hydrogens (tertiary/aromatic N) is 1. The molecule has 0 saturated carbocycles. The third-order valence-electron chi connectivity index (χ3n) is 3.18. The minimum atomic E-state index is -0.440. The van der Waals surface area contributed by atoms with E-state index >= 15 is 0 Å². The Bertz CT molecular complexity index is 686. The van der Waals surface area contributed by atoms with Crippen LogP contribution in [0.3, 0.4) is 0 Å².